The summed E-state index contributed by atoms with van der Waals surface area (Å²) in [5.74, 6) is 0.306. The van der Waals surface area contributed by atoms with Gasteiger partial charge in [0.1, 0.15) is 6.17 Å². The van der Waals surface area contributed by atoms with Crippen LogP contribution in [0.5, 0.6) is 0 Å². The van der Waals surface area contributed by atoms with Crippen LogP contribution < -0.4 is 4.90 Å². The van der Waals surface area contributed by atoms with Gasteiger partial charge in [-0.05, 0) is 55.9 Å². The van der Waals surface area contributed by atoms with Crippen LogP contribution in [0.4, 0.5) is 5.69 Å². The van der Waals surface area contributed by atoms with Gasteiger partial charge in [0.15, 0.2) is 0 Å². The van der Waals surface area contributed by atoms with Crippen LogP contribution in [-0.2, 0) is 23.2 Å². The minimum absolute atomic E-state index is 0.0512. The van der Waals surface area contributed by atoms with Crippen LogP contribution in [0.15, 0.2) is 72.8 Å². The summed E-state index contributed by atoms with van der Waals surface area (Å²) < 4.78 is 0. The van der Waals surface area contributed by atoms with Gasteiger partial charge in [0.25, 0.3) is 0 Å². The van der Waals surface area contributed by atoms with Crippen molar-refractivity contribution in [3.63, 3.8) is 0 Å². The van der Waals surface area contributed by atoms with Crippen molar-refractivity contribution in [2.75, 3.05) is 11.4 Å². The van der Waals surface area contributed by atoms with Gasteiger partial charge in [0.2, 0.25) is 5.91 Å². The van der Waals surface area contributed by atoms with Crippen molar-refractivity contribution in [1.82, 2.24) is 4.90 Å². The van der Waals surface area contributed by atoms with E-state index in [2.05, 4.69) is 103 Å². The molecule has 1 saturated heterocycles. The van der Waals surface area contributed by atoms with Crippen LogP contribution in [0, 0.1) is 13.8 Å². The van der Waals surface area contributed by atoms with E-state index in [9.17, 15) is 4.79 Å². The van der Waals surface area contributed by atoms with Gasteiger partial charge in [-0.1, -0.05) is 91.2 Å². The van der Waals surface area contributed by atoms with Crippen molar-refractivity contribution >= 4 is 11.6 Å². The van der Waals surface area contributed by atoms with Gasteiger partial charge in [0, 0.05) is 30.6 Å². The molecule has 3 aromatic carbocycles. The fourth-order valence-corrected chi connectivity index (χ4v) is 6.26. The Morgan fingerprint density at radius 1 is 0.941 bits per heavy atom. The highest BCUT2D eigenvalue weighted by molar-refractivity contribution is 5.80. The Labute approximate surface area is 204 Å². The predicted molar refractivity (Wildman–Crippen MR) is 140 cm³/mol. The summed E-state index contributed by atoms with van der Waals surface area (Å²) in [6.45, 7) is 8.13. The summed E-state index contributed by atoms with van der Waals surface area (Å²) >= 11 is 0. The lowest BCUT2D eigenvalue weighted by Gasteiger charge is -2.39. The van der Waals surface area contributed by atoms with Crippen molar-refractivity contribution < 1.29 is 4.79 Å². The molecule has 2 aliphatic heterocycles. The Kier molecular flexibility index (Phi) is 6.20. The first-order chi connectivity index (χ1) is 16.5. The SMILES string of the molecule is CCCCC(=O)N1CCC2(Cc3cccc(C)c3)c3ccccc3N(Cc3cccc(C)c3)C12. The molecule has 0 saturated carbocycles. The Bertz CT molecular complexity index is 1190. The Morgan fingerprint density at radius 2 is 1.65 bits per heavy atom. The number of fused-ring (bicyclic) bond motifs is 3. The Hall–Kier alpha value is -3.07. The Morgan fingerprint density at radius 3 is 2.38 bits per heavy atom. The summed E-state index contributed by atoms with van der Waals surface area (Å²) in [4.78, 5) is 18.2. The zero-order chi connectivity index (χ0) is 23.7. The molecule has 3 aromatic rings. The van der Waals surface area contributed by atoms with E-state index in [1.165, 1.54) is 33.5 Å². The van der Waals surface area contributed by atoms with E-state index >= 15 is 0 Å². The fraction of sp³-hybridized carbons (Fsp3) is 0.387. The molecule has 0 aliphatic carbocycles. The minimum Gasteiger partial charge on any atom is -0.346 e. The number of hydrogen-bond acceptors (Lipinski definition) is 2. The number of anilines is 1. The van der Waals surface area contributed by atoms with E-state index in [1.54, 1.807) is 0 Å². The van der Waals surface area contributed by atoms with Crippen molar-refractivity contribution in [3.8, 4) is 0 Å². The molecule has 0 bridgehead atoms. The molecular weight excluding hydrogens is 416 g/mol. The maximum Gasteiger partial charge on any atom is 0.224 e. The van der Waals surface area contributed by atoms with Crippen LogP contribution in [0.3, 0.4) is 0 Å². The standard InChI is InChI=1S/C31H36N2O/c1-4-5-16-29(34)32-18-17-31(21-25-12-8-10-23(2)19-25)27-14-6-7-15-28(27)33(30(31)32)22-26-13-9-11-24(3)20-26/h6-15,19-20,30H,4-5,16-18,21-22H2,1-3H3. The molecule has 1 fully saturated rings. The van der Waals surface area contributed by atoms with Gasteiger partial charge in [-0.25, -0.2) is 0 Å². The largest absolute Gasteiger partial charge is 0.346 e. The number of unbranched alkanes of at least 4 members (excludes halogenated alkanes) is 1. The highest BCUT2D eigenvalue weighted by Crippen LogP contribution is 2.54. The highest BCUT2D eigenvalue weighted by atomic mass is 16.2. The number of benzene rings is 3. The first-order valence-corrected chi connectivity index (χ1v) is 12.8. The van der Waals surface area contributed by atoms with Crippen LogP contribution in [0.2, 0.25) is 0 Å². The topological polar surface area (TPSA) is 23.6 Å². The molecule has 3 heteroatoms. The van der Waals surface area contributed by atoms with Gasteiger partial charge in [0.05, 0.1) is 0 Å². The van der Waals surface area contributed by atoms with Gasteiger partial charge in [-0.2, -0.15) is 0 Å². The number of carbonyl (C=O) groups is 1. The number of para-hydroxylation sites is 1. The molecule has 1 amide bonds. The maximum atomic E-state index is 13.5. The lowest BCUT2D eigenvalue weighted by molar-refractivity contribution is -0.132. The Balaban J connectivity index is 1.60. The number of likely N-dealkylation sites (tertiary alicyclic amines) is 1. The van der Waals surface area contributed by atoms with Gasteiger partial charge in [-0.3, -0.25) is 4.79 Å². The number of aryl methyl sites for hydroxylation is 2. The van der Waals surface area contributed by atoms with E-state index < -0.39 is 0 Å². The second-order valence-corrected chi connectivity index (χ2v) is 10.3. The quantitative estimate of drug-likeness (QED) is 0.406. The average molecular weight is 453 g/mol. The first-order valence-electron chi connectivity index (χ1n) is 12.8. The average Bonchev–Trinajstić information content (AvgIpc) is 3.31. The third-order valence-electron chi connectivity index (χ3n) is 7.74. The molecule has 2 unspecified atom stereocenters. The predicted octanol–water partition coefficient (Wildman–Crippen LogP) is 6.55. The molecule has 3 nitrogen and oxygen atoms in total. The van der Waals surface area contributed by atoms with Gasteiger partial charge < -0.3 is 9.80 Å². The third-order valence-corrected chi connectivity index (χ3v) is 7.74. The summed E-state index contributed by atoms with van der Waals surface area (Å²) in [6, 6.07) is 26.6. The normalized spacial score (nSPS) is 21.0. The molecule has 0 N–H and O–H groups in total. The number of hydrogen-bond donors (Lipinski definition) is 0. The summed E-state index contributed by atoms with van der Waals surface area (Å²) in [5, 5.41) is 0. The minimum atomic E-state index is -0.0872. The first kappa shape index (κ1) is 22.7. The second-order valence-electron chi connectivity index (χ2n) is 10.3. The molecule has 2 aliphatic rings. The van der Waals surface area contributed by atoms with Gasteiger partial charge in [-0.15, -0.1) is 0 Å². The van der Waals surface area contributed by atoms with Crippen LogP contribution in [0.25, 0.3) is 0 Å². The molecule has 0 spiro atoms. The number of nitrogens with zero attached hydrogens (tertiary/aromatic N) is 2. The van der Waals surface area contributed by atoms with E-state index in [-0.39, 0.29) is 11.6 Å². The molecular formula is C31H36N2O. The van der Waals surface area contributed by atoms with E-state index in [0.29, 0.717) is 12.3 Å². The lowest BCUT2D eigenvalue weighted by Crippen LogP contribution is -2.52. The smallest absolute Gasteiger partial charge is 0.224 e. The van der Waals surface area contributed by atoms with E-state index in [0.717, 1.165) is 38.8 Å². The molecule has 0 aromatic heterocycles. The van der Waals surface area contributed by atoms with Crippen molar-refractivity contribution in [3.05, 3.63) is 101 Å². The van der Waals surface area contributed by atoms with E-state index in [1.807, 2.05) is 0 Å². The van der Waals surface area contributed by atoms with Crippen molar-refractivity contribution in [2.45, 2.75) is 71.0 Å². The molecule has 5 rings (SSSR count). The maximum absolute atomic E-state index is 13.5. The zero-order valence-corrected chi connectivity index (χ0v) is 20.8. The summed E-state index contributed by atoms with van der Waals surface area (Å²) in [6.07, 6.45) is 4.66. The lowest BCUT2D eigenvalue weighted by atomic mass is 9.74. The third kappa shape index (κ3) is 4.02. The monoisotopic (exact) mass is 452 g/mol. The van der Waals surface area contributed by atoms with Crippen LogP contribution in [-0.4, -0.2) is 23.5 Å². The van der Waals surface area contributed by atoms with E-state index in [4.69, 9.17) is 0 Å². The van der Waals surface area contributed by atoms with Crippen molar-refractivity contribution in [1.29, 1.82) is 0 Å². The molecule has 0 radical (unpaired) electrons. The zero-order valence-electron chi connectivity index (χ0n) is 20.8. The molecule has 2 heterocycles. The number of carbonyl (C=O) groups excluding carboxylic acids is 1. The second kappa shape index (κ2) is 9.29. The summed E-state index contributed by atoms with van der Waals surface area (Å²) in [5.41, 5.74) is 7.83. The van der Waals surface area contributed by atoms with Gasteiger partial charge >= 0.3 is 0 Å². The van der Waals surface area contributed by atoms with Crippen LogP contribution >= 0.6 is 0 Å². The molecule has 34 heavy (non-hydrogen) atoms. The number of rotatable bonds is 7. The summed E-state index contributed by atoms with van der Waals surface area (Å²) in [7, 11) is 0. The van der Waals surface area contributed by atoms with Crippen LogP contribution in [0.1, 0.15) is 60.4 Å². The molecule has 2 atom stereocenters. The highest BCUT2D eigenvalue weighted by Gasteiger charge is 2.57. The molecule has 176 valence electrons. The number of amides is 1. The van der Waals surface area contributed by atoms with Crippen molar-refractivity contribution in [2.24, 2.45) is 0 Å². The fourth-order valence-electron chi connectivity index (χ4n) is 6.26.